The van der Waals surface area contributed by atoms with Crippen LogP contribution in [0, 0.1) is 45.2 Å². The second-order valence-electron chi connectivity index (χ2n) is 12.0. The van der Waals surface area contributed by atoms with Gasteiger partial charge in [0.15, 0.2) is 0 Å². The van der Waals surface area contributed by atoms with Crippen molar-refractivity contribution >= 4 is 43.5 Å². The maximum absolute atomic E-state index is 8.85. The van der Waals surface area contributed by atoms with Crippen LogP contribution in [0.15, 0.2) is 76.8 Å². The molecule has 0 N–H and O–H groups in total. The van der Waals surface area contributed by atoms with Gasteiger partial charge >= 0.3 is 0 Å². The van der Waals surface area contributed by atoms with E-state index in [-0.39, 0.29) is 20.1 Å². The molecule has 0 saturated heterocycles. The Hall–Kier alpha value is -3.70. The molecule has 0 spiro atoms. The summed E-state index contributed by atoms with van der Waals surface area (Å²) in [6, 6.07) is 24.6. The molecule has 5 aromatic heterocycles. The third-order valence-electron chi connectivity index (χ3n) is 7.29. The first-order valence-corrected chi connectivity index (χ1v) is 15.2. The van der Waals surface area contributed by atoms with Gasteiger partial charge in [-0.15, -0.1) is 64.9 Å². The van der Waals surface area contributed by atoms with Crippen LogP contribution in [0.4, 0.5) is 0 Å². The zero-order valence-corrected chi connectivity index (χ0v) is 29.1. The predicted molar refractivity (Wildman–Crippen MR) is 180 cm³/mol. The van der Waals surface area contributed by atoms with E-state index in [0.29, 0.717) is 22.6 Å². The summed E-state index contributed by atoms with van der Waals surface area (Å²) in [5, 5.41) is 4.66. The standard InChI is InChI=1S/C24H21N2OS.C14H14N.Ir/c1-14-8-9-17-16-6-5-7-18(22(16)27-23(17)26-14)21-20-15(12-24(2,3)4)13-28-19(20)10-11-25-21;1-10-4-6-13(7-5-10)14-8-11(2)12(3)9-15-14;/h5-6,8-11,13H,12H2,1-4H3;4-6,8-9H,1-3H3;/q2*-1;/i12D2;;. The molecule has 225 valence electrons. The number of fused-ring (bicyclic) bond motifs is 4. The van der Waals surface area contributed by atoms with Crippen LogP contribution in [0.5, 0.6) is 0 Å². The summed E-state index contributed by atoms with van der Waals surface area (Å²) >= 11 is 1.54. The van der Waals surface area contributed by atoms with Crippen LogP contribution in [-0.4, -0.2) is 15.0 Å². The van der Waals surface area contributed by atoms with E-state index in [9.17, 15) is 0 Å². The van der Waals surface area contributed by atoms with Gasteiger partial charge in [-0.3, -0.25) is 0 Å². The summed E-state index contributed by atoms with van der Waals surface area (Å²) in [5.41, 5.74) is 9.47. The van der Waals surface area contributed by atoms with Crippen molar-refractivity contribution in [3.8, 4) is 22.5 Å². The van der Waals surface area contributed by atoms with Crippen molar-refractivity contribution in [3.63, 3.8) is 0 Å². The van der Waals surface area contributed by atoms with Crippen molar-refractivity contribution in [1.82, 2.24) is 15.0 Å². The molecule has 5 heterocycles. The fraction of sp³-hybridized carbons (Fsp3) is 0.237. The molecule has 0 unspecified atom stereocenters. The molecule has 0 bridgehead atoms. The summed E-state index contributed by atoms with van der Waals surface area (Å²) in [5.74, 6) is 0. The number of furan rings is 1. The Bertz CT molecular complexity index is 2180. The number of hydrogen-bond acceptors (Lipinski definition) is 5. The Morgan fingerprint density at radius 2 is 1.75 bits per heavy atom. The Morgan fingerprint density at radius 1 is 0.932 bits per heavy atom. The molecule has 6 heteroatoms. The number of hydrogen-bond donors (Lipinski definition) is 0. The SMILES string of the molecule is Cc1c[c-]c(-c2cc(C)c(C)cn2)cc1.[2H]C([2H])(c1csc2ccnc(-c3[c-]ccc4c3oc3nc(C)ccc34)c12)C(C)(C)C.[Ir]. The van der Waals surface area contributed by atoms with E-state index in [1.165, 1.54) is 16.7 Å². The average Bonchev–Trinajstić information content (AvgIpc) is 3.60. The van der Waals surface area contributed by atoms with Gasteiger partial charge < -0.3 is 14.4 Å². The van der Waals surface area contributed by atoms with Gasteiger partial charge in [0.1, 0.15) is 0 Å². The molecule has 0 atom stereocenters. The van der Waals surface area contributed by atoms with Crippen molar-refractivity contribution in [2.24, 2.45) is 5.41 Å². The van der Waals surface area contributed by atoms with Gasteiger partial charge in [-0.25, -0.2) is 4.98 Å². The van der Waals surface area contributed by atoms with E-state index in [1.54, 1.807) is 17.5 Å². The molecule has 1 radical (unpaired) electrons. The van der Waals surface area contributed by atoms with Gasteiger partial charge in [0.25, 0.3) is 0 Å². The van der Waals surface area contributed by atoms with Crippen LogP contribution in [0.1, 0.15) is 51.5 Å². The molecule has 0 amide bonds. The molecule has 0 aliphatic carbocycles. The average molecular weight is 776 g/mol. The van der Waals surface area contributed by atoms with Gasteiger partial charge in [0.05, 0.1) is 5.58 Å². The zero-order chi connectivity index (χ0) is 32.1. The van der Waals surface area contributed by atoms with Crippen LogP contribution in [0.25, 0.3) is 54.7 Å². The molecule has 4 nitrogen and oxygen atoms in total. The van der Waals surface area contributed by atoms with Gasteiger partial charge in [-0.1, -0.05) is 50.3 Å². The molecule has 7 aromatic rings. The summed E-state index contributed by atoms with van der Waals surface area (Å²) in [6.07, 6.45) is 2.16. The Morgan fingerprint density at radius 3 is 2.48 bits per heavy atom. The molecular weight excluding hydrogens is 739 g/mol. The summed E-state index contributed by atoms with van der Waals surface area (Å²) in [7, 11) is 0. The minimum Gasteiger partial charge on any atom is -0.486 e. The molecule has 44 heavy (non-hydrogen) atoms. The maximum Gasteiger partial charge on any atom is 0.216 e. The van der Waals surface area contributed by atoms with E-state index >= 15 is 0 Å². The minimum atomic E-state index is -1.52. The van der Waals surface area contributed by atoms with Crippen LogP contribution >= 0.6 is 11.3 Å². The van der Waals surface area contributed by atoms with Crippen molar-refractivity contribution in [3.05, 3.63) is 112 Å². The van der Waals surface area contributed by atoms with Crippen LogP contribution in [0.3, 0.4) is 0 Å². The zero-order valence-electron chi connectivity index (χ0n) is 27.9. The number of thiophene rings is 1. The fourth-order valence-electron chi connectivity index (χ4n) is 4.99. The fourth-order valence-corrected chi connectivity index (χ4v) is 5.88. The number of aromatic nitrogens is 3. The second-order valence-corrected chi connectivity index (χ2v) is 12.9. The number of benzene rings is 2. The summed E-state index contributed by atoms with van der Waals surface area (Å²) in [6.45, 7) is 14.0. The third kappa shape index (κ3) is 6.53. The van der Waals surface area contributed by atoms with E-state index in [1.807, 2.05) is 75.7 Å². The normalized spacial score (nSPS) is 12.4. The second kappa shape index (κ2) is 12.7. The Labute approximate surface area is 279 Å². The Balaban J connectivity index is 0.000000220. The van der Waals surface area contributed by atoms with Crippen LogP contribution in [-0.2, 0) is 26.5 Å². The van der Waals surface area contributed by atoms with Crippen molar-refractivity contribution < 1.29 is 27.3 Å². The molecule has 0 saturated carbocycles. The van der Waals surface area contributed by atoms with Crippen molar-refractivity contribution in [1.29, 1.82) is 0 Å². The number of nitrogens with zero attached hydrogens (tertiary/aromatic N) is 3. The number of pyridine rings is 3. The molecule has 7 rings (SSSR count). The number of rotatable bonds is 3. The smallest absolute Gasteiger partial charge is 0.216 e. The summed E-state index contributed by atoms with van der Waals surface area (Å²) in [4.78, 5) is 13.6. The largest absolute Gasteiger partial charge is 0.486 e. The quantitative estimate of drug-likeness (QED) is 0.168. The minimum absolute atomic E-state index is 0. The predicted octanol–water partition coefficient (Wildman–Crippen LogP) is 10.4. The van der Waals surface area contributed by atoms with Gasteiger partial charge in [0, 0.05) is 56.7 Å². The van der Waals surface area contributed by atoms with Crippen LogP contribution in [0.2, 0.25) is 0 Å². The molecule has 0 fully saturated rings. The van der Waals surface area contributed by atoms with Crippen molar-refractivity contribution in [2.75, 3.05) is 0 Å². The summed E-state index contributed by atoms with van der Waals surface area (Å²) < 4.78 is 24.9. The first kappa shape index (κ1) is 29.0. The van der Waals surface area contributed by atoms with E-state index in [2.05, 4.69) is 66.1 Å². The van der Waals surface area contributed by atoms with Gasteiger partial charge in [-0.2, -0.15) is 0 Å². The van der Waals surface area contributed by atoms with E-state index in [0.717, 1.165) is 43.4 Å². The first-order valence-electron chi connectivity index (χ1n) is 15.3. The monoisotopic (exact) mass is 776 g/mol. The number of aryl methyl sites for hydroxylation is 4. The van der Waals surface area contributed by atoms with Gasteiger partial charge in [0.2, 0.25) is 5.71 Å². The third-order valence-corrected chi connectivity index (χ3v) is 8.23. The molecule has 0 aliphatic rings. The molecular formula is C38H35IrN3OS-2. The van der Waals surface area contributed by atoms with Crippen molar-refractivity contribution in [2.45, 2.75) is 54.8 Å². The first-order chi connectivity index (χ1) is 21.3. The van der Waals surface area contributed by atoms with E-state index in [4.69, 9.17) is 7.16 Å². The Kier molecular flexibility index (Phi) is 8.40. The van der Waals surface area contributed by atoms with Crippen LogP contribution < -0.4 is 0 Å². The van der Waals surface area contributed by atoms with Gasteiger partial charge in [-0.05, 0) is 78.3 Å². The molecule has 0 aliphatic heterocycles. The molecule has 2 aromatic carbocycles. The topological polar surface area (TPSA) is 51.8 Å². The maximum atomic E-state index is 8.85. The van der Waals surface area contributed by atoms with E-state index < -0.39 is 11.8 Å².